The Bertz CT molecular complexity index is 1670. The molecular formula is C35H43N7O2. The molecule has 2 aromatic heterocycles. The van der Waals surface area contributed by atoms with Gasteiger partial charge >= 0.3 is 0 Å². The van der Waals surface area contributed by atoms with Gasteiger partial charge < -0.3 is 30.2 Å². The van der Waals surface area contributed by atoms with Crippen molar-refractivity contribution in [2.24, 2.45) is 0 Å². The summed E-state index contributed by atoms with van der Waals surface area (Å²) in [6.45, 7) is 5.58. The normalized spacial score (nSPS) is 10.7. The zero-order valence-electron chi connectivity index (χ0n) is 25.8. The van der Waals surface area contributed by atoms with Crippen molar-refractivity contribution in [1.82, 2.24) is 25.5 Å². The molecule has 5 rings (SSSR count). The van der Waals surface area contributed by atoms with E-state index < -0.39 is 0 Å². The fourth-order valence-corrected chi connectivity index (χ4v) is 4.93. The Morgan fingerprint density at radius 2 is 1.52 bits per heavy atom. The van der Waals surface area contributed by atoms with Gasteiger partial charge in [-0.25, -0.2) is 0 Å². The van der Waals surface area contributed by atoms with Crippen molar-refractivity contribution in [3.8, 4) is 5.75 Å². The molecule has 1 amide bonds. The highest BCUT2D eigenvalue weighted by Gasteiger charge is 2.17. The van der Waals surface area contributed by atoms with Crippen LogP contribution in [-0.2, 0) is 17.8 Å². The molecule has 0 spiro atoms. The highest BCUT2D eigenvalue weighted by Crippen LogP contribution is 2.20. The molecule has 0 bridgehead atoms. The van der Waals surface area contributed by atoms with Crippen LogP contribution in [-0.4, -0.2) is 59.2 Å². The lowest BCUT2D eigenvalue weighted by molar-refractivity contribution is -0.120. The molecule has 0 saturated heterocycles. The third-order valence-electron chi connectivity index (χ3n) is 7.42. The van der Waals surface area contributed by atoms with E-state index in [-0.39, 0.29) is 24.8 Å². The van der Waals surface area contributed by atoms with Crippen molar-refractivity contribution >= 4 is 39.4 Å². The summed E-state index contributed by atoms with van der Waals surface area (Å²) in [7, 11) is 1.62. The molecule has 0 fully saturated rings. The third kappa shape index (κ3) is 8.81. The van der Waals surface area contributed by atoms with Gasteiger partial charge in [-0.15, -0.1) is 0 Å². The Balaban J connectivity index is 0.000000369. The van der Waals surface area contributed by atoms with Crippen molar-refractivity contribution in [2.45, 2.75) is 39.7 Å². The SMILES string of the molecule is CCCNCC(=O)NCC(=N)N(Cc1ccc(OC)cc1)C(=N)CCc1c[nH]c2ccccc12.Cc1c[nH]c2ccccc12. The van der Waals surface area contributed by atoms with E-state index in [1.54, 1.807) is 12.0 Å². The molecule has 9 nitrogen and oxygen atoms in total. The van der Waals surface area contributed by atoms with Gasteiger partial charge in [0.05, 0.1) is 26.7 Å². The number of aryl methyl sites for hydroxylation is 2. The zero-order valence-corrected chi connectivity index (χ0v) is 25.8. The van der Waals surface area contributed by atoms with Gasteiger partial charge in [0.25, 0.3) is 0 Å². The van der Waals surface area contributed by atoms with Crippen LogP contribution in [0.4, 0.5) is 0 Å². The fraction of sp³-hybridized carbons (Fsp3) is 0.286. The van der Waals surface area contributed by atoms with Gasteiger partial charge in [-0.05, 0) is 67.3 Å². The highest BCUT2D eigenvalue weighted by atomic mass is 16.5. The van der Waals surface area contributed by atoms with E-state index in [9.17, 15) is 4.79 Å². The second-order valence-electron chi connectivity index (χ2n) is 10.7. The summed E-state index contributed by atoms with van der Waals surface area (Å²) in [4.78, 5) is 20.2. The van der Waals surface area contributed by atoms with Gasteiger partial charge in [0.15, 0.2) is 0 Å². The first kappa shape index (κ1) is 32.0. The zero-order chi connectivity index (χ0) is 31.3. The number of fused-ring (bicyclic) bond motifs is 2. The van der Waals surface area contributed by atoms with Crippen molar-refractivity contribution in [1.29, 1.82) is 10.8 Å². The van der Waals surface area contributed by atoms with Crippen LogP contribution in [0.3, 0.4) is 0 Å². The van der Waals surface area contributed by atoms with Crippen LogP contribution in [0.2, 0.25) is 0 Å². The van der Waals surface area contributed by atoms with Crippen LogP contribution in [0.25, 0.3) is 21.8 Å². The number of para-hydroxylation sites is 2. The Morgan fingerprint density at radius 3 is 2.20 bits per heavy atom. The van der Waals surface area contributed by atoms with Crippen LogP contribution in [0, 0.1) is 17.7 Å². The molecule has 0 atom stereocenters. The van der Waals surface area contributed by atoms with E-state index in [4.69, 9.17) is 15.6 Å². The van der Waals surface area contributed by atoms with Gasteiger partial charge in [0.2, 0.25) is 5.91 Å². The highest BCUT2D eigenvalue weighted by molar-refractivity contribution is 6.00. The second kappa shape index (κ2) is 16.1. The molecule has 2 heterocycles. The van der Waals surface area contributed by atoms with Crippen LogP contribution < -0.4 is 15.4 Å². The standard InChI is InChI=1S/C26H34N6O2.C9H9N/c1-3-14-29-17-26(33)31-16-25(28)32(18-19-8-11-21(34-2)12-9-19)24(27)13-10-20-15-30-23-7-5-4-6-22(20)23;1-7-6-10-9-5-3-2-4-8(7)9/h4-9,11-12,15,27-30H,3,10,13-14,16-18H2,1-2H3,(H,31,33);2-6,10H,1H3. The number of hydrogen-bond acceptors (Lipinski definition) is 5. The average molecular weight is 594 g/mol. The number of aromatic amines is 2. The molecule has 0 radical (unpaired) electrons. The number of amidine groups is 2. The predicted octanol–water partition coefficient (Wildman–Crippen LogP) is 6.16. The minimum Gasteiger partial charge on any atom is -0.497 e. The first-order valence-electron chi connectivity index (χ1n) is 15.0. The Kier molecular flexibility index (Phi) is 11.7. The maximum atomic E-state index is 12.1. The van der Waals surface area contributed by atoms with E-state index in [1.807, 2.05) is 67.8 Å². The monoisotopic (exact) mass is 593 g/mol. The molecule has 0 aliphatic rings. The Morgan fingerprint density at radius 1 is 0.864 bits per heavy atom. The Labute approximate surface area is 259 Å². The van der Waals surface area contributed by atoms with Crippen molar-refractivity contribution < 1.29 is 9.53 Å². The minimum atomic E-state index is -0.159. The topological polar surface area (TPSA) is 133 Å². The van der Waals surface area contributed by atoms with Gasteiger partial charge in [0, 0.05) is 40.6 Å². The number of amides is 1. The predicted molar refractivity (Wildman–Crippen MR) is 180 cm³/mol. The van der Waals surface area contributed by atoms with Crippen molar-refractivity contribution in [3.63, 3.8) is 0 Å². The number of methoxy groups -OCH3 is 1. The molecule has 0 aliphatic carbocycles. The van der Waals surface area contributed by atoms with Crippen LogP contribution >= 0.6 is 0 Å². The second-order valence-corrected chi connectivity index (χ2v) is 10.7. The quantitative estimate of drug-likeness (QED) is 0.0587. The van der Waals surface area contributed by atoms with Gasteiger partial charge in [-0.2, -0.15) is 0 Å². The Hall–Kier alpha value is -4.89. The smallest absolute Gasteiger partial charge is 0.234 e. The summed E-state index contributed by atoms with van der Waals surface area (Å²) in [5, 5.41) is 25.7. The first-order chi connectivity index (χ1) is 21.4. The van der Waals surface area contributed by atoms with Crippen LogP contribution in [0.1, 0.15) is 36.5 Å². The minimum absolute atomic E-state index is 0.0677. The van der Waals surface area contributed by atoms with Crippen LogP contribution in [0.5, 0.6) is 5.75 Å². The molecule has 0 saturated carbocycles. The first-order valence-corrected chi connectivity index (χ1v) is 15.0. The van der Waals surface area contributed by atoms with Gasteiger partial charge in [0.1, 0.15) is 17.4 Å². The number of nitrogens with one attached hydrogen (secondary N) is 6. The maximum absolute atomic E-state index is 12.1. The van der Waals surface area contributed by atoms with E-state index in [1.165, 1.54) is 16.5 Å². The lowest BCUT2D eigenvalue weighted by atomic mass is 10.1. The summed E-state index contributed by atoms with van der Waals surface area (Å²) in [6.07, 6.45) is 6.13. The molecule has 44 heavy (non-hydrogen) atoms. The average Bonchev–Trinajstić information content (AvgIpc) is 3.65. The largest absolute Gasteiger partial charge is 0.497 e. The van der Waals surface area contributed by atoms with E-state index >= 15 is 0 Å². The lowest BCUT2D eigenvalue weighted by Crippen LogP contribution is -2.44. The van der Waals surface area contributed by atoms with E-state index in [2.05, 4.69) is 51.8 Å². The summed E-state index contributed by atoms with van der Waals surface area (Å²) < 4.78 is 5.23. The maximum Gasteiger partial charge on any atom is 0.234 e. The number of ether oxygens (including phenoxy) is 1. The fourth-order valence-electron chi connectivity index (χ4n) is 4.93. The summed E-state index contributed by atoms with van der Waals surface area (Å²) >= 11 is 0. The van der Waals surface area contributed by atoms with Crippen molar-refractivity contribution in [3.05, 3.63) is 102 Å². The molecular weight excluding hydrogens is 550 g/mol. The summed E-state index contributed by atoms with van der Waals surface area (Å²) in [5.74, 6) is 1.12. The lowest BCUT2D eigenvalue weighted by Gasteiger charge is -2.26. The molecule has 0 unspecified atom stereocenters. The number of benzene rings is 3. The number of aromatic nitrogens is 2. The van der Waals surface area contributed by atoms with Crippen molar-refractivity contribution in [2.75, 3.05) is 26.7 Å². The summed E-state index contributed by atoms with van der Waals surface area (Å²) in [5.41, 5.74) is 5.71. The number of nitrogens with zero attached hydrogens (tertiary/aromatic N) is 1. The summed E-state index contributed by atoms with van der Waals surface area (Å²) in [6, 6.07) is 24.0. The third-order valence-corrected chi connectivity index (χ3v) is 7.42. The number of carbonyl (C=O) groups is 1. The molecule has 5 aromatic rings. The van der Waals surface area contributed by atoms with Crippen LogP contribution in [0.15, 0.2) is 85.2 Å². The van der Waals surface area contributed by atoms with Gasteiger partial charge in [-0.3, -0.25) is 15.6 Å². The number of H-pyrrole nitrogens is 2. The molecule has 0 aliphatic heterocycles. The molecule has 3 aromatic carbocycles. The molecule has 6 N–H and O–H groups in total. The number of hydrogen-bond donors (Lipinski definition) is 6. The molecule has 9 heteroatoms. The number of rotatable bonds is 12. The molecule has 230 valence electrons. The van der Waals surface area contributed by atoms with Gasteiger partial charge in [-0.1, -0.05) is 55.5 Å². The number of carbonyl (C=O) groups excluding carboxylic acids is 1. The van der Waals surface area contributed by atoms with E-state index in [0.717, 1.165) is 40.7 Å². The van der Waals surface area contributed by atoms with E-state index in [0.29, 0.717) is 25.2 Å².